The molecule has 200 valence electrons. The second-order valence-corrected chi connectivity index (χ2v) is 9.88. The molecule has 1 aromatic heterocycles. The van der Waals surface area contributed by atoms with Crippen LogP contribution in [0.25, 0.3) is 0 Å². The van der Waals surface area contributed by atoms with Crippen molar-refractivity contribution in [3.8, 4) is 0 Å². The van der Waals surface area contributed by atoms with Gasteiger partial charge >= 0.3 is 0 Å². The van der Waals surface area contributed by atoms with E-state index in [1.807, 2.05) is 17.0 Å². The van der Waals surface area contributed by atoms with Crippen molar-refractivity contribution >= 4 is 23.3 Å². The van der Waals surface area contributed by atoms with E-state index in [-0.39, 0.29) is 30.1 Å². The quantitative estimate of drug-likeness (QED) is 0.320. The Morgan fingerprint density at radius 2 is 1.92 bits per heavy atom. The van der Waals surface area contributed by atoms with Gasteiger partial charge in [-0.3, -0.25) is 14.5 Å². The van der Waals surface area contributed by atoms with Crippen molar-refractivity contribution in [2.45, 2.75) is 44.9 Å². The number of nitrogens with zero attached hydrogens (tertiary/aromatic N) is 3. The standard InChI is InChI=1S/C27H39N7O3/c1-19(35)34-12-7-22(8-13-34)31-23-14-25(32-26(15-23)29-10-9-28)27(37)30-16-24(36)18-33-11-6-20-4-2-3-5-21(20)17-33/h2-5,14-15,22,24,36H,6-13,16-18,28H2,1H3,(H,30,37)(H2,29,31,32). The lowest BCUT2D eigenvalue weighted by molar-refractivity contribution is -0.129. The van der Waals surface area contributed by atoms with Crippen LogP contribution in [0, 0.1) is 0 Å². The van der Waals surface area contributed by atoms with Crippen molar-refractivity contribution in [3.05, 3.63) is 53.2 Å². The Kier molecular flexibility index (Phi) is 9.32. The van der Waals surface area contributed by atoms with E-state index in [0.29, 0.717) is 38.5 Å². The Bertz CT molecular complexity index is 1070. The number of carbonyl (C=O) groups excluding carboxylic acids is 2. The van der Waals surface area contributed by atoms with Gasteiger partial charge in [-0.25, -0.2) is 4.98 Å². The highest BCUT2D eigenvalue weighted by atomic mass is 16.3. The Hall–Kier alpha value is -3.21. The van der Waals surface area contributed by atoms with Gasteiger partial charge in [0.1, 0.15) is 11.5 Å². The molecule has 2 aromatic rings. The van der Waals surface area contributed by atoms with Crippen molar-refractivity contribution in [1.29, 1.82) is 0 Å². The van der Waals surface area contributed by atoms with Crippen LogP contribution in [0.1, 0.15) is 41.4 Å². The topological polar surface area (TPSA) is 136 Å². The van der Waals surface area contributed by atoms with Gasteiger partial charge in [-0.05, 0) is 36.5 Å². The molecule has 1 fully saturated rings. The number of hydrogen-bond acceptors (Lipinski definition) is 8. The molecule has 0 aliphatic carbocycles. The number of pyridine rings is 1. The van der Waals surface area contributed by atoms with Crippen LogP contribution in [0.3, 0.4) is 0 Å². The highest BCUT2D eigenvalue weighted by Gasteiger charge is 2.22. The molecule has 1 atom stereocenters. The molecule has 4 rings (SSSR count). The van der Waals surface area contributed by atoms with Crippen molar-refractivity contribution in [2.75, 3.05) is 56.4 Å². The van der Waals surface area contributed by atoms with Gasteiger partial charge in [0.2, 0.25) is 5.91 Å². The summed E-state index contributed by atoms with van der Waals surface area (Å²) >= 11 is 0. The summed E-state index contributed by atoms with van der Waals surface area (Å²) in [4.78, 5) is 33.1. The van der Waals surface area contributed by atoms with E-state index in [9.17, 15) is 14.7 Å². The molecule has 0 spiro atoms. The van der Waals surface area contributed by atoms with Crippen molar-refractivity contribution in [1.82, 2.24) is 20.1 Å². The number of aliphatic hydroxyl groups excluding tert-OH is 1. The van der Waals surface area contributed by atoms with Crippen LogP contribution >= 0.6 is 0 Å². The summed E-state index contributed by atoms with van der Waals surface area (Å²) in [5.41, 5.74) is 9.35. The summed E-state index contributed by atoms with van der Waals surface area (Å²) in [6, 6.07) is 12.2. The van der Waals surface area contributed by atoms with Crippen LogP contribution in [-0.2, 0) is 17.8 Å². The molecule has 2 aliphatic rings. The molecule has 6 N–H and O–H groups in total. The summed E-state index contributed by atoms with van der Waals surface area (Å²) in [5.74, 6) is 0.324. The van der Waals surface area contributed by atoms with Crippen molar-refractivity contribution in [2.24, 2.45) is 5.73 Å². The first-order valence-electron chi connectivity index (χ1n) is 13.1. The fourth-order valence-electron chi connectivity index (χ4n) is 4.97. The zero-order valence-electron chi connectivity index (χ0n) is 21.6. The number of fused-ring (bicyclic) bond motifs is 1. The smallest absolute Gasteiger partial charge is 0.270 e. The summed E-state index contributed by atoms with van der Waals surface area (Å²) < 4.78 is 0. The minimum absolute atomic E-state index is 0.0990. The predicted octanol–water partition coefficient (Wildman–Crippen LogP) is 1.02. The van der Waals surface area contributed by atoms with E-state index in [1.165, 1.54) is 11.1 Å². The van der Waals surface area contributed by atoms with E-state index < -0.39 is 6.10 Å². The largest absolute Gasteiger partial charge is 0.390 e. The minimum atomic E-state index is -0.684. The number of likely N-dealkylation sites (tertiary alicyclic amines) is 1. The number of piperidine rings is 1. The van der Waals surface area contributed by atoms with E-state index >= 15 is 0 Å². The molecule has 0 radical (unpaired) electrons. The fraction of sp³-hybridized carbons (Fsp3) is 0.519. The molecule has 1 aromatic carbocycles. The highest BCUT2D eigenvalue weighted by molar-refractivity contribution is 5.93. The van der Waals surface area contributed by atoms with E-state index in [2.05, 4.69) is 44.0 Å². The molecule has 10 heteroatoms. The third-order valence-corrected chi connectivity index (χ3v) is 7.00. The SMILES string of the molecule is CC(=O)N1CCC(Nc2cc(NCCN)nc(C(=O)NCC(O)CN3CCc4ccccc4C3)c2)CC1. The molecule has 1 saturated heterocycles. The monoisotopic (exact) mass is 509 g/mol. The van der Waals surface area contributed by atoms with E-state index in [1.54, 1.807) is 13.0 Å². The molecular formula is C27H39N7O3. The first kappa shape index (κ1) is 26.8. The van der Waals surface area contributed by atoms with Gasteiger partial charge in [0.25, 0.3) is 5.91 Å². The number of aliphatic hydroxyl groups is 1. The summed E-state index contributed by atoms with van der Waals surface area (Å²) in [6.45, 7) is 6.32. The number of benzene rings is 1. The van der Waals surface area contributed by atoms with Crippen molar-refractivity contribution in [3.63, 3.8) is 0 Å². The number of nitrogens with one attached hydrogen (secondary N) is 3. The Morgan fingerprint density at radius 3 is 2.65 bits per heavy atom. The molecule has 2 amide bonds. The number of rotatable bonds is 10. The number of amides is 2. The average molecular weight is 510 g/mol. The van der Waals surface area contributed by atoms with Gasteiger partial charge in [-0.2, -0.15) is 0 Å². The van der Waals surface area contributed by atoms with Gasteiger partial charge < -0.3 is 31.7 Å². The Balaban J connectivity index is 1.33. The maximum absolute atomic E-state index is 13.0. The zero-order chi connectivity index (χ0) is 26.2. The van der Waals surface area contributed by atoms with Crippen LogP contribution in [0.5, 0.6) is 0 Å². The summed E-state index contributed by atoms with van der Waals surface area (Å²) in [7, 11) is 0. The second kappa shape index (κ2) is 12.8. The van der Waals surface area contributed by atoms with Crippen molar-refractivity contribution < 1.29 is 14.7 Å². The predicted molar refractivity (Wildman–Crippen MR) is 144 cm³/mol. The third-order valence-electron chi connectivity index (χ3n) is 7.00. The fourth-order valence-corrected chi connectivity index (χ4v) is 4.97. The van der Waals surface area contributed by atoms with Gasteiger partial charge in [0, 0.05) is 77.1 Å². The van der Waals surface area contributed by atoms with Crippen LogP contribution in [0.4, 0.5) is 11.5 Å². The van der Waals surface area contributed by atoms with Gasteiger partial charge in [0.15, 0.2) is 0 Å². The number of aromatic nitrogens is 1. The number of anilines is 2. The summed E-state index contributed by atoms with van der Waals surface area (Å²) in [5, 5.41) is 20.1. The maximum atomic E-state index is 13.0. The summed E-state index contributed by atoms with van der Waals surface area (Å²) in [6.07, 6.45) is 1.95. The van der Waals surface area contributed by atoms with Crippen LogP contribution < -0.4 is 21.7 Å². The number of β-amino-alcohol motifs (C(OH)–C–C–N with tert-alkyl or cyclic N) is 1. The minimum Gasteiger partial charge on any atom is -0.390 e. The number of hydrogen-bond donors (Lipinski definition) is 5. The van der Waals surface area contributed by atoms with Crippen LogP contribution in [0.15, 0.2) is 36.4 Å². The molecule has 37 heavy (non-hydrogen) atoms. The maximum Gasteiger partial charge on any atom is 0.270 e. The molecule has 3 heterocycles. The van der Waals surface area contributed by atoms with Crippen LogP contribution in [-0.4, -0.2) is 89.7 Å². The molecule has 2 aliphatic heterocycles. The molecule has 0 bridgehead atoms. The Labute approximate surface area is 218 Å². The number of carbonyl (C=O) groups is 2. The normalized spacial score (nSPS) is 17.1. The van der Waals surface area contributed by atoms with Crippen LogP contribution in [0.2, 0.25) is 0 Å². The third kappa shape index (κ3) is 7.64. The molecule has 1 unspecified atom stereocenters. The number of nitrogens with two attached hydrogens (primary N) is 1. The highest BCUT2D eigenvalue weighted by Crippen LogP contribution is 2.21. The zero-order valence-corrected chi connectivity index (χ0v) is 21.6. The molecule has 0 saturated carbocycles. The Morgan fingerprint density at radius 1 is 1.16 bits per heavy atom. The van der Waals surface area contributed by atoms with Gasteiger partial charge in [-0.15, -0.1) is 0 Å². The van der Waals surface area contributed by atoms with E-state index in [4.69, 9.17) is 5.73 Å². The van der Waals surface area contributed by atoms with E-state index in [0.717, 1.165) is 38.0 Å². The first-order valence-corrected chi connectivity index (χ1v) is 13.1. The lowest BCUT2D eigenvalue weighted by atomic mass is 10.00. The molecular weight excluding hydrogens is 470 g/mol. The lowest BCUT2D eigenvalue weighted by Crippen LogP contribution is -2.42. The molecule has 10 nitrogen and oxygen atoms in total. The lowest BCUT2D eigenvalue weighted by Gasteiger charge is -2.32. The van der Waals surface area contributed by atoms with Gasteiger partial charge in [-0.1, -0.05) is 24.3 Å². The first-order chi connectivity index (χ1) is 17.9. The average Bonchev–Trinajstić information content (AvgIpc) is 2.90. The van der Waals surface area contributed by atoms with Gasteiger partial charge in [0.05, 0.1) is 6.10 Å². The second-order valence-electron chi connectivity index (χ2n) is 9.88.